The lowest BCUT2D eigenvalue weighted by Gasteiger charge is -2.34. The van der Waals surface area contributed by atoms with Crippen molar-refractivity contribution >= 4 is 45.0 Å². The topological polar surface area (TPSA) is 49.4 Å². The molecule has 0 aliphatic carbocycles. The highest BCUT2D eigenvalue weighted by Gasteiger charge is 2.42. The van der Waals surface area contributed by atoms with Crippen molar-refractivity contribution in [3.8, 4) is 0 Å². The van der Waals surface area contributed by atoms with Crippen molar-refractivity contribution in [3.05, 3.63) is 27.7 Å². The molecule has 0 saturated carbocycles. The molecule has 0 spiro atoms. The number of benzene rings is 1. The lowest BCUT2D eigenvalue weighted by molar-refractivity contribution is -0.130. The molecule has 1 N–H and O–H groups in total. The molecular formula is C15H18BrClN2O2. The fourth-order valence-electron chi connectivity index (χ4n) is 2.62. The largest absolute Gasteiger partial charge is 0.342 e. The fourth-order valence-corrected chi connectivity index (χ4v) is 3.26. The summed E-state index contributed by atoms with van der Waals surface area (Å²) in [7, 11) is 0. The highest BCUT2D eigenvalue weighted by Crippen LogP contribution is 2.35. The summed E-state index contributed by atoms with van der Waals surface area (Å²) in [6, 6.07) is 5.39. The zero-order chi connectivity index (χ0) is 15.6. The third kappa shape index (κ3) is 2.94. The predicted molar refractivity (Wildman–Crippen MR) is 87.6 cm³/mol. The monoisotopic (exact) mass is 372 g/mol. The van der Waals surface area contributed by atoms with Gasteiger partial charge in [0.15, 0.2) is 0 Å². The number of rotatable bonds is 3. The van der Waals surface area contributed by atoms with Gasteiger partial charge >= 0.3 is 0 Å². The van der Waals surface area contributed by atoms with Crippen molar-refractivity contribution in [3.63, 3.8) is 0 Å². The van der Waals surface area contributed by atoms with Crippen molar-refractivity contribution < 1.29 is 9.59 Å². The van der Waals surface area contributed by atoms with Gasteiger partial charge in [-0.05, 0) is 40.9 Å². The Labute approximate surface area is 138 Å². The van der Waals surface area contributed by atoms with Crippen molar-refractivity contribution in [2.45, 2.75) is 38.6 Å². The van der Waals surface area contributed by atoms with E-state index in [-0.39, 0.29) is 18.2 Å². The average molecular weight is 374 g/mol. The summed E-state index contributed by atoms with van der Waals surface area (Å²) in [5.74, 6) is -0.172. The first-order chi connectivity index (χ1) is 9.95. The smallest absolute Gasteiger partial charge is 0.252 e. The Kier molecular flexibility index (Phi) is 4.94. The number of nitrogens with zero attached hydrogens (tertiary/aromatic N) is 1. The van der Waals surface area contributed by atoms with Gasteiger partial charge in [0.25, 0.3) is 5.91 Å². The first-order valence-corrected chi connectivity index (χ1v) is 8.19. The molecule has 4 nitrogen and oxygen atoms in total. The lowest BCUT2D eigenvalue weighted by atomic mass is 9.91. The van der Waals surface area contributed by atoms with Crippen LogP contribution in [0.1, 0.15) is 33.1 Å². The molecule has 1 aromatic rings. The van der Waals surface area contributed by atoms with E-state index in [0.717, 1.165) is 0 Å². The van der Waals surface area contributed by atoms with Gasteiger partial charge in [0.05, 0.1) is 15.2 Å². The van der Waals surface area contributed by atoms with Crippen LogP contribution in [0.2, 0.25) is 5.02 Å². The summed E-state index contributed by atoms with van der Waals surface area (Å²) in [6.45, 7) is 4.18. The molecular weight excluding hydrogens is 356 g/mol. The van der Waals surface area contributed by atoms with Crippen LogP contribution in [-0.4, -0.2) is 23.9 Å². The molecule has 1 aliphatic rings. The van der Waals surface area contributed by atoms with Crippen LogP contribution in [0.15, 0.2) is 22.7 Å². The van der Waals surface area contributed by atoms with Gasteiger partial charge in [0, 0.05) is 13.0 Å². The summed E-state index contributed by atoms with van der Waals surface area (Å²) < 4.78 is 0.676. The van der Waals surface area contributed by atoms with Crippen LogP contribution in [0.3, 0.4) is 0 Å². The van der Waals surface area contributed by atoms with Gasteiger partial charge < -0.3 is 10.2 Å². The molecule has 1 saturated heterocycles. The van der Waals surface area contributed by atoms with E-state index in [1.807, 2.05) is 19.9 Å². The molecule has 114 valence electrons. The van der Waals surface area contributed by atoms with Crippen molar-refractivity contribution in [2.24, 2.45) is 0 Å². The molecule has 0 bridgehead atoms. The van der Waals surface area contributed by atoms with Crippen LogP contribution >= 0.6 is 27.5 Å². The second kappa shape index (κ2) is 6.36. The van der Waals surface area contributed by atoms with E-state index in [2.05, 4.69) is 21.2 Å². The number of anilines is 1. The standard InChI is InChI=1S/C15H18BrClN2O2/c1-3-15(4-2)14(21)19(9-8-12(20)18-15)11-7-5-6-10(17)13(11)16/h5-7H,3-4,8-9H2,1-2H3,(H,18,20). The zero-order valence-electron chi connectivity index (χ0n) is 12.1. The van der Waals surface area contributed by atoms with Gasteiger partial charge in [-0.1, -0.05) is 31.5 Å². The van der Waals surface area contributed by atoms with Crippen LogP contribution < -0.4 is 10.2 Å². The van der Waals surface area contributed by atoms with Gasteiger partial charge in [-0.15, -0.1) is 0 Å². The SMILES string of the molecule is CCC1(CC)NC(=O)CCN(c2cccc(Cl)c2Br)C1=O. The van der Waals surface area contributed by atoms with Crippen LogP contribution in [-0.2, 0) is 9.59 Å². The molecule has 1 fully saturated rings. The molecule has 1 aliphatic heterocycles. The van der Waals surface area contributed by atoms with Crippen molar-refractivity contribution in [2.75, 3.05) is 11.4 Å². The minimum absolute atomic E-state index is 0.0821. The second-order valence-corrected chi connectivity index (χ2v) is 6.32. The molecule has 0 radical (unpaired) electrons. The first-order valence-electron chi connectivity index (χ1n) is 7.02. The van der Waals surface area contributed by atoms with Crippen molar-refractivity contribution in [1.82, 2.24) is 5.32 Å². The molecule has 1 heterocycles. The molecule has 21 heavy (non-hydrogen) atoms. The zero-order valence-corrected chi connectivity index (χ0v) is 14.4. The minimum atomic E-state index is -0.838. The second-order valence-electron chi connectivity index (χ2n) is 5.12. The Morgan fingerprint density at radius 2 is 2.00 bits per heavy atom. The van der Waals surface area contributed by atoms with Crippen LogP contribution in [0.25, 0.3) is 0 Å². The third-order valence-corrected chi connectivity index (χ3v) is 5.40. The molecule has 1 aromatic carbocycles. The highest BCUT2D eigenvalue weighted by atomic mass is 79.9. The summed E-state index contributed by atoms with van der Waals surface area (Å²) in [4.78, 5) is 26.6. The van der Waals surface area contributed by atoms with Gasteiger partial charge in [-0.25, -0.2) is 0 Å². The molecule has 0 atom stereocenters. The number of amides is 2. The Hall–Kier alpha value is -1.07. The number of nitrogens with one attached hydrogen (secondary N) is 1. The number of halogens is 2. The average Bonchev–Trinajstić information content (AvgIpc) is 2.60. The molecule has 2 amide bonds. The Balaban J connectivity index is 2.50. The quantitative estimate of drug-likeness (QED) is 0.881. The van der Waals surface area contributed by atoms with Crippen LogP contribution in [0.5, 0.6) is 0 Å². The number of carbonyl (C=O) groups excluding carboxylic acids is 2. The van der Waals surface area contributed by atoms with E-state index < -0.39 is 5.54 Å². The van der Waals surface area contributed by atoms with Gasteiger partial charge in [-0.3, -0.25) is 9.59 Å². The third-order valence-electron chi connectivity index (χ3n) is 4.02. The minimum Gasteiger partial charge on any atom is -0.342 e. The molecule has 0 unspecified atom stereocenters. The lowest BCUT2D eigenvalue weighted by Crippen LogP contribution is -2.56. The summed E-state index contributed by atoms with van der Waals surface area (Å²) in [5.41, 5.74) is -0.134. The van der Waals surface area contributed by atoms with E-state index in [0.29, 0.717) is 34.6 Å². The maximum atomic E-state index is 13.0. The summed E-state index contributed by atoms with van der Waals surface area (Å²) in [6.07, 6.45) is 1.40. The molecule has 2 rings (SSSR count). The summed E-state index contributed by atoms with van der Waals surface area (Å²) >= 11 is 9.56. The van der Waals surface area contributed by atoms with E-state index in [9.17, 15) is 9.59 Å². The van der Waals surface area contributed by atoms with Gasteiger partial charge in [0.2, 0.25) is 5.91 Å². The summed E-state index contributed by atoms with van der Waals surface area (Å²) in [5, 5.41) is 3.44. The Bertz CT molecular complexity index is 573. The van der Waals surface area contributed by atoms with Crippen LogP contribution in [0.4, 0.5) is 5.69 Å². The fraction of sp³-hybridized carbons (Fsp3) is 0.467. The Morgan fingerprint density at radius 3 is 2.62 bits per heavy atom. The number of hydrogen-bond acceptors (Lipinski definition) is 2. The van der Waals surface area contributed by atoms with E-state index in [1.54, 1.807) is 17.0 Å². The predicted octanol–water partition coefficient (Wildman–Crippen LogP) is 3.51. The molecule has 6 heteroatoms. The maximum absolute atomic E-state index is 13.0. The van der Waals surface area contributed by atoms with Gasteiger partial charge in [-0.2, -0.15) is 0 Å². The maximum Gasteiger partial charge on any atom is 0.252 e. The van der Waals surface area contributed by atoms with E-state index in [1.165, 1.54) is 0 Å². The van der Waals surface area contributed by atoms with E-state index >= 15 is 0 Å². The van der Waals surface area contributed by atoms with E-state index in [4.69, 9.17) is 11.6 Å². The molecule has 0 aromatic heterocycles. The highest BCUT2D eigenvalue weighted by molar-refractivity contribution is 9.10. The van der Waals surface area contributed by atoms with Crippen molar-refractivity contribution in [1.29, 1.82) is 0 Å². The Morgan fingerprint density at radius 1 is 1.33 bits per heavy atom. The number of carbonyl (C=O) groups is 2. The number of hydrogen-bond donors (Lipinski definition) is 1. The van der Waals surface area contributed by atoms with Crippen LogP contribution in [0, 0.1) is 0 Å². The van der Waals surface area contributed by atoms with Gasteiger partial charge in [0.1, 0.15) is 5.54 Å². The first kappa shape index (κ1) is 16.3. The normalized spacial score (nSPS) is 18.4.